The molecular formula is C21H28N2O4. The van der Waals surface area contributed by atoms with Crippen LogP contribution in [-0.4, -0.2) is 68.1 Å². The van der Waals surface area contributed by atoms with Crippen molar-refractivity contribution >= 4 is 11.8 Å². The second-order valence-electron chi connectivity index (χ2n) is 7.98. The zero-order chi connectivity index (χ0) is 18.9. The van der Waals surface area contributed by atoms with Crippen LogP contribution in [-0.2, 0) is 9.53 Å². The molecule has 6 heteroatoms. The number of ether oxygens (including phenoxy) is 2. The highest BCUT2D eigenvalue weighted by molar-refractivity contribution is 5.95. The quantitative estimate of drug-likeness (QED) is 0.816. The topological polar surface area (TPSA) is 59.1 Å². The van der Waals surface area contributed by atoms with Crippen LogP contribution in [0, 0.1) is 11.3 Å². The van der Waals surface area contributed by atoms with Crippen molar-refractivity contribution in [3.8, 4) is 5.75 Å². The van der Waals surface area contributed by atoms with E-state index >= 15 is 0 Å². The van der Waals surface area contributed by atoms with Crippen LogP contribution in [0.25, 0.3) is 0 Å². The fraction of sp³-hybridized carbons (Fsp3) is 0.619. The molecule has 0 aromatic heterocycles. The van der Waals surface area contributed by atoms with Crippen LogP contribution in [0.4, 0.5) is 0 Å². The fourth-order valence-corrected chi connectivity index (χ4v) is 4.84. The van der Waals surface area contributed by atoms with Gasteiger partial charge >= 0.3 is 0 Å². The lowest BCUT2D eigenvalue weighted by atomic mass is 9.71. The summed E-state index contributed by atoms with van der Waals surface area (Å²) in [4.78, 5) is 30.3. The van der Waals surface area contributed by atoms with E-state index in [0.717, 1.165) is 38.8 Å². The van der Waals surface area contributed by atoms with Crippen molar-refractivity contribution in [2.24, 2.45) is 11.3 Å². The Kier molecular flexibility index (Phi) is 5.08. The third-order valence-electron chi connectivity index (χ3n) is 6.46. The van der Waals surface area contributed by atoms with Crippen LogP contribution in [0.5, 0.6) is 5.75 Å². The number of benzene rings is 1. The van der Waals surface area contributed by atoms with Gasteiger partial charge in [0.05, 0.1) is 13.0 Å². The van der Waals surface area contributed by atoms with Crippen molar-refractivity contribution in [1.29, 1.82) is 0 Å². The van der Waals surface area contributed by atoms with Gasteiger partial charge in [0.15, 0.2) is 0 Å². The second kappa shape index (κ2) is 7.50. The number of methoxy groups -OCH3 is 1. The standard InChI is InChI=1S/C21H28N2O4/c1-26-17-6-4-5-16(13-17)19(24)23-14-18(20(25)22-9-2-3-10-22)21(15-23)7-11-27-12-8-21/h4-6,13,18H,2-3,7-12,14-15H2,1H3/t18-/m1/s1. The number of hydrogen-bond donors (Lipinski definition) is 0. The monoisotopic (exact) mass is 372 g/mol. The van der Waals surface area contributed by atoms with Gasteiger partial charge in [-0.25, -0.2) is 0 Å². The third kappa shape index (κ3) is 3.43. The number of amides is 2. The predicted octanol–water partition coefficient (Wildman–Crippen LogP) is 2.19. The summed E-state index contributed by atoms with van der Waals surface area (Å²) in [6.07, 6.45) is 3.86. The summed E-state index contributed by atoms with van der Waals surface area (Å²) < 4.78 is 10.8. The van der Waals surface area contributed by atoms with Gasteiger partial charge in [-0.2, -0.15) is 0 Å². The highest BCUT2D eigenvalue weighted by atomic mass is 16.5. The summed E-state index contributed by atoms with van der Waals surface area (Å²) in [5.41, 5.74) is 0.470. The summed E-state index contributed by atoms with van der Waals surface area (Å²) in [7, 11) is 1.60. The van der Waals surface area contributed by atoms with Crippen molar-refractivity contribution < 1.29 is 19.1 Å². The Morgan fingerprint density at radius 2 is 1.89 bits per heavy atom. The molecule has 0 radical (unpaired) electrons. The highest BCUT2D eigenvalue weighted by Crippen LogP contribution is 2.45. The van der Waals surface area contributed by atoms with E-state index in [9.17, 15) is 9.59 Å². The maximum absolute atomic E-state index is 13.3. The molecular weight excluding hydrogens is 344 g/mol. The van der Waals surface area contributed by atoms with Gasteiger partial charge in [0.25, 0.3) is 5.91 Å². The highest BCUT2D eigenvalue weighted by Gasteiger charge is 2.52. The Morgan fingerprint density at radius 1 is 1.15 bits per heavy atom. The molecule has 3 heterocycles. The number of hydrogen-bond acceptors (Lipinski definition) is 4. The van der Waals surface area contributed by atoms with Crippen LogP contribution < -0.4 is 4.74 Å². The molecule has 0 saturated carbocycles. The minimum absolute atomic E-state index is 0.0171. The molecule has 1 spiro atoms. The Hall–Kier alpha value is -2.08. The number of carbonyl (C=O) groups excluding carboxylic acids is 2. The fourth-order valence-electron chi connectivity index (χ4n) is 4.84. The number of nitrogens with zero attached hydrogens (tertiary/aromatic N) is 2. The molecule has 4 rings (SSSR count). The summed E-state index contributed by atoms with van der Waals surface area (Å²) in [5, 5.41) is 0. The first-order chi connectivity index (χ1) is 13.1. The summed E-state index contributed by atoms with van der Waals surface area (Å²) >= 11 is 0. The molecule has 0 aliphatic carbocycles. The van der Waals surface area contributed by atoms with Crippen LogP contribution in [0.3, 0.4) is 0 Å². The number of rotatable bonds is 3. The van der Waals surface area contributed by atoms with E-state index in [4.69, 9.17) is 9.47 Å². The van der Waals surface area contributed by atoms with E-state index in [0.29, 0.717) is 37.6 Å². The Morgan fingerprint density at radius 3 is 2.59 bits per heavy atom. The maximum Gasteiger partial charge on any atom is 0.254 e. The minimum atomic E-state index is -0.146. The van der Waals surface area contributed by atoms with Crippen molar-refractivity contribution in [3.05, 3.63) is 29.8 Å². The van der Waals surface area contributed by atoms with Gasteiger partial charge in [0.1, 0.15) is 5.75 Å². The Balaban J connectivity index is 1.58. The van der Waals surface area contributed by atoms with Crippen LogP contribution in [0.2, 0.25) is 0 Å². The molecule has 2 amide bonds. The molecule has 6 nitrogen and oxygen atoms in total. The molecule has 1 atom stereocenters. The molecule has 3 aliphatic heterocycles. The average Bonchev–Trinajstić information content (AvgIpc) is 3.36. The van der Waals surface area contributed by atoms with Gasteiger partial charge in [-0.3, -0.25) is 9.59 Å². The normalized spacial score (nSPS) is 24.4. The smallest absolute Gasteiger partial charge is 0.254 e. The second-order valence-corrected chi connectivity index (χ2v) is 7.98. The van der Waals surface area contributed by atoms with E-state index < -0.39 is 0 Å². The number of likely N-dealkylation sites (tertiary alicyclic amines) is 2. The summed E-state index contributed by atoms with van der Waals surface area (Å²) in [6.45, 7) is 4.19. The zero-order valence-electron chi connectivity index (χ0n) is 16.0. The third-order valence-corrected chi connectivity index (χ3v) is 6.46. The molecule has 3 saturated heterocycles. The predicted molar refractivity (Wildman–Crippen MR) is 101 cm³/mol. The SMILES string of the molecule is COc1cccc(C(=O)N2C[C@H](C(=O)N3CCCC3)C3(CCOCC3)C2)c1. The molecule has 3 fully saturated rings. The van der Waals surface area contributed by atoms with Crippen LogP contribution in [0.15, 0.2) is 24.3 Å². The van der Waals surface area contributed by atoms with E-state index in [-0.39, 0.29) is 23.1 Å². The van der Waals surface area contributed by atoms with E-state index in [1.807, 2.05) is 28.0 Å². The van der Waals surface area contributed by atoms with Gasteiger partial charge < -0.3 is 19.3 Å². The first-order valence-corrected chi connectivity index (χ1v) is 9.93. The lowest BCUT2D eigenvalue weighted by molar-refractivity contribution is -0.139. The van der Waals surface area contributed by atoms with E-state index in [1.165, 1.54) is 0 Å². The molecule has 1 aromatic rings. The van der Waals surface area contributed by atoms with Gasteiger partial charge in [-0.1, -0.05) is 6.07 Å². The van der Waals surface area contributed by atoms with Gasteiger partial charge in [0.2, 0.25) is 5.91 Å². The van der Waals surface area contributed by atoms with Crippen LogP contribution >= 0.6 is 0 Å². The summed E-state index contributed by atoms with van der Waals surface area (Å²) in [5.74, 6) is 0.770. The van der Waals surface area contributed by atoms with Crippen molar-refractivity contribution in [3.63, 3.8) is 0 Å². The zero-order valence-corrected chi connectivity index (χ0v) is 16.0. The lowest BCUT2D eigenvalue weighted by Crippen LogP contribution is -2.45. The van der Waals surface area contributed by atoms with Crippen molar-refractivity contribution in [1.82, 2.24) is 9.80 Å². The lowest BCUT2D eigenvalue weighted by Gasteiger charge is -2.38. The van der Waals surface area contributed by atoms with E-state index in [2.05, 4.69) is 0 Å². The Bertz CT molecular complexity index is 708. The van der Waals surface area contributed by atoms with Gasteiger partial charge in [0, 0.05) is 50.4 Å². The summed E-state index contributed by atoms with van der Waals surface area (Å²) in [6, 6.07) is 7.26. The molecule has 146 valence electrons. The largest absolute Gasteiger partial charge is 0.497 e. The van der Waals surface area contributed by atoms with E-state index in [1.54, 1.807) is 13.2 Å². The minimum Gasteiger partial charge on any atom is -0.497 e. The Labute approximate surface area is 160 Å². The van der Waals surface area contributed by atoms with Gasteiger partial charge in [-0.05, 0) is 43.9 Å². The maximum atomic E-state index is 13.3. The molecule has 0 bridgehead atoms. The first kappa shape index (κ1) is 18.3. The molecule has 1 aromatic carbocycles. The van der Waals surface area contributed by atoms with Crippen molar-refractivity contribution in [2.45, 2.75) is 25.7 Å². The van der Waals surface area contributed by atoms with Crippen LogP contribution in [0.1, 0.15) is 36.0 Å². The molecule has 0 N–H and O–H groups in total. The first-order valence-electron chi connectivity index (χ1n) is 9.93. The van der Waals surface area contributed by atoms with Crippen molar-refractivity contribution in [2.75, 3.05) is 46.5 Å². The average molecular weight is 372 g/mol. The molecule has 3 aliphatic rings. The molecule has 0 unspecified atom stereocenters. The number of carbonyl (C=O) groups is 2. The molecule has 27 heavy (non-hydrogen) atoms. The van der Waals surface area contributed by atoms with Gasteiger partial charge in [-0.15, -0.1) is 0 Å².